The lowest BCUT2D eigenvalue weighted by Crippen LogP contribution is -2.05. The molecule has 0 amide bonds. The quantitative estimate of drug-likeness (QED) is 0.908. The molecule has 2 aromatic rings. The second-order valence-electron chi connectivity index (χ2n) is 5.65. The van der Waals surface area contributed by atoms with E-state index in [1.807, 2.05) is 25.5 Å². The minimum Gasteiger partial charge on any atom is -0.370 e. The summed E-state index contributed by atoms with van der Waals surface area (Å²) in [5, 5.41) is 7.60. The van der Waals surface area contributed by atoms with Crippen molar-refractivity contribution in [2.75, 3.05) is 11.9 Å². The van der Waals surface area contributed by atoms with E-state index in [2.05, 4.69) is 29.2 Å². The first-order chi connectivity index (χ1) is 9.67. The number of hydrogen-bond donors (Lipinski definition) is 1. The normalized spacial score (nSPS) is 20.9. The van der Waals surface area contributed by atoms with Crippen LogP contribution in [0.15, 0.2) is 18.5 Å². The fourth-order valence-electron chi connectivity index (χ4n) is 2.36. The number of rotatable bonds is 5. The minimum absolute atomic E-state index is 0.522. The highest BCUT2D eigenvalue weighted by molar-refractivity contribution is 5.61. The Bertz CT molecular complexity index is 604. The first-order valence-electron chi connectivity index (χ1n) is 7.29. The number of nitrogens with one attached hydrogen (secondary N) is 1. The van der Waals surface area contributed by atoms with Crippen LogP contribution in [0.1, 0.15) is 38.4 Å². The van der Waals surface area contributed by atoms with Crippen molar-refractivity contribution in [2.24, 2.45) is 13.0 Å². The molecule has 106 valence electrons. The average Bonchev–Trinajstić information content (AvgIpc) is 3.01. The smallest absolute Gasteiger partial charge is 0.134 e. The third-order valence-corrected chi connectivity index (χ3v) is 3.74. The maximum Gasteiger partial charge on any atom is 0.134 e. The second-order valence-corrected chi connectivity index (χ2v) is 5.65. The fourth-order valence-corrected chi connectivity index (χ4v) is 2.36. The summed E-state index contributed by atoms with van der Waals surface area (Å²) in [5.41, 5.74) is 2.00. The van der Waals surface area contributed by atoms with Crippen LogP contribution in [0.4, 0.5) is 5.82 Å². The molecule has 5 heteroatoms. The van der Waals surface area contributed by atoms with E-state index >= 15 is 0 Å². The van der Waals surface area contributed by atoms with Gasteiger partial charge in [-0.2, -0.15) is 5.10 Å². The van der Waals surface area contributed by atoms with E-state index in [-0.39, 0.29) is 0 Å². The lowest BCUT2D eigenvalue weighted by molar-refractivity contribution is 0.768. The van der Waals surface area contributed by atoms with Gasteiger partial charge in [0.25, 0.3) is 0 Å². The van der Waals surface area contributed by atoms with Gasteiger partial charge in [0.2, 0.25) is 0 Å². The molecule has 2 aromatic heterocycles. The Morgan fingerprint density at radius 3 is 2.80 bits per heavy atom. The number of anilines is 1. The minimum atomic E-state index is 0.522. The van der Waals surface area contributed by atoms with E-state index in [1.165, 1.54) is 6.42 Å². The van der Waals surface area contributed by atoms with Crippen LogP contribution < -0.4 is 5.32 Å². The van der Waals surface area contributed by atoms with E-state index in [0.29, 0.717) is 11.8 Å². The molecule has 1 aliphatic rings. The third kappa shape index (κ3) is 2.66. The van der Waals surface area contributed by atoms with E-state index < -0.39 is 0 Å². The summed E-state index contributed by atoms with van der Waals surface area (Å²) in [7, 11) is 1.92. The molecule has 20 heavy (non-hydrogen) atoms. The first kappa shape index (κ1) is 13.1. The summed E-state index contributed by atoms with van der Waals surface area (Å²) in [4.78, 5) is 9.40. The Labute approximate surface area is 119 Å². The predicted octanol–water partition coefficient (Wildman–Crippen LogP) is 2.82. The van der Waals surface area contributed by atoms with Crippen LogP contribution in [0, 0.1) is 5.92 Å². The van der Waals surface area contributed by atoms with Gasteiger partial charge in [-0.25, -0.2) is 9.97 Å². The summed E-state index contributed by atoms with van der Waals surface area (Å²) < 4.78 is 1.80. The lowest BCUT2D eigenvalue weighted by atomic mass is 10.2. The monoisotopic (exact) mass is 271 g/mol. The molecule has 0 radical (unpaired) electrons. The van der Waals surface area contributed by atoms with Crippen molar-refractivity contribution in [3.05, 3.63) is 24.3 Å². The van der Waals surface area contributed by atoms with E-state index in [9.17, 15) is 0 Å². The van der Waals surface area contributed by atoms with Gasteiger partial charge in [0, 0.05) is 37.3 Å². The van der Waals surface area contributed by atoms with Crippen molar-refractivity contribution in [2.45, 2.75) is 32.6 Å². The lowest BCUT2D eigenvalue weighted by Gasteiger charge is -2.08. The molecule has 0 aromatic carbocycles. The van der Waals surface area contributed by atoms with Crippen molar-refractivity contribution in [1.29, 1.82) is 0 Å². The van der Waals surface area contributed by atoms with E-state index in [0.717, 1.165) is 35.9 Å². The first-order valence-corrected chi connectivity index (χ1v) is 7.29. The van der Waals surface area contributed by atoms with Crippen LogP contribution in [-0.4, -0.2) is 26.3 Å². The van der Waals surface area contributed by atoms with Crippen molar-refractivity contribution >= 4 is 5.82 Å². The number of nitrogens with zero attached hydrogens (tertiary/aromatic N) is 4. The standard InChI is InChI=1S/C15H21N5/c1-4-5-16-14-7-13(11-8-17-20(3)9-11)18-15(19-14)12-6-10(12)2/h7-10,12H,4-6H2,1-3H3,(H,16,18,19). The largest absolute Gasteiger partial charge is 0.370 e. The summed E-state index contributed by atoms with van der Waals surface area (Å²) in [6.07, 6.45) is 6.13. The van der Waals surface area contributed by atoms with Gasteiger partial charge in [0.15, 0.2) is 0 Å². The Hall–Kier alpha value is -1.91. The SMILES string of the molecule is CCCNc1cc(-c2cnn(C)c2)nc(C2CC2C)n1. The van der Waals surface area contributed by atoms with Crippen molar-refractivity contribution in [1.82, 2.24) is 19.7 Å². The highest BCUT2D eigenvalue weighted by Crippen LogP contribution is 2.45. The van der Waals surface area contributed by atoms with Gasteiger partial charge in [-0.05, 0) is 18.8 Å². The van der Waals surface area contributed by atoms with Crippen molar-refractivity contribution < 1.29 is 0 Å². The number of aryl methyl sites for hydroxylation is 1. The van der Waals surface area contributed by atoms with Gasteiger partial charge in [-0.3, -0.25) is 4.68 Å². The molecule has 2 heterocycles. The summed E-state index contributed by atoms with van der Waals surface area (Å²) in [6, 6.07) is 2.02. The molecular formula is C15H21N5. The maximum atomic E-state index is 4.73. The molecule has 2 unspecified atom stereocenters. The molecule has 3 rings (SSSR count). The number of aromatic nitrogens is 4. The fraction of sp³-hybridized carbons (Fsp3) is 0.533. The zero-order chi connectivity index (χ0) is 14.1. The Kier molecular flexibility index (Phi) is 3.42. The van der Waals surface area contributed by atoms with Crippen LogP contribution in [-0.2, 0) is 7.05 Å². The molecule has 1 fully saturated rings. The summed E-state index contributed by atoms with van der Waals surface area (Å²) >= 11 is 0. The molecule has 1 saturated carbocycles. The zero-order valence-electron chi connectivity index (χ0n) is 12.3. The molecule has 1 aliphatic carbocycles. The summed E-state index contributed by atoms with van der Waals surface area (Å²) in [5.74, 6) is 3.12. The zero-order valence-corrected chi connectivity index (χ0v) is 12.3. The number of hydrogen-bond acceptors (Lipinski definition) is 4. The molecule has 0 spiro atoms. The Balaban J connectivity index is 1.95. The molecular weight excluding hydrogens is 250 g/mol. The predicted molar refractivity (Wildman–Crippen MR) is 79.5 cm³/mol. The second kappa shape index (κ2) is 5.23. The third-order valence-electron chi connectivity index (χ3n) is 3.74. The van der Waals surface area contributed by atoms with Crippen LogP contribution in [0.2, 0.25) is 0 Å². The van der Waals surface area contributed by atoms with Crippen molar-refractivity contribution in [3.63, 3.8) is 0 Å². The van der Waals surface area contributed by atoms with Gasteiger partial charge in [-0.15, -0.1) is 0 Å². The topological polar surface area (TPSA) is 55.6 Å². The van der Waals surface area contributed by atoms with E-state index in [4.69, 9.17) is 4.98 Å². The molecule has 0 bridgehead atoms. The van der Waals surface area contributed by atoms with Crippen LogP contribution in [0.5, 0.6) is 0 Å². The van der Waals surface area contributed by atoms with Gasteiger partial charge in [-0.1, -0.05) is 13.8 Å². The van der Waals surface area contributed by atoms with Crippen LogP contribution >= 0.6 is 0 Å². The Morgan fingerprint density at radius 1 is 1.40 bits per heavy atom. The average molecular weight is 271 g/mol. The van der Waals surface area contributed by atoms with Gasteiger partial charge < -0.3 is 5.32 Å². The molecule has 0 aliphatic heterocycles. The van der Waals surface area contributed by atoms with Gasteiger partial charge in [0.05, 0.1) is 11.9 Å². The molecule has 0 saturated heterocycles. The van der Waals surface area contributed by atoms with E-state index in [1.54, 1.807) is 4.68 Å². The summed E-state index contributed by atoms with van der Waals surface area (Å²) in [6.45, 7) is 5.34. The molecule has 1 N–H and O–H groups in total. The van der Waals surface area contributed by atoms with Gasteiger partial charge >= 0.3 is 0 Å². The Morgan fingerprint density at radius 2 is 2.20 bits per heavy atom. The maximum absolute atomic E-state index is 4.73. The highest BCUT2D eigenvalue weighted by Gasteiger charge is 2.37. The van der Waals surface area contributed by atoms with Crippen LogP contribution in [0.3, 0.4) is 0 Å². The van der Waals surface area contributed by atoms with Crippen LogP contribution in [0.25, 0.3) is 11.3 Å². The highest BCUT2D eigenvalue weighted by atomic mass is 15.2. The van der Waals surface area contributed by atoms with Crippen molar-refractivity contribution in [3.8, 4) is 11.3 Å². The molecule has 5 nitrogen and oxygen atoms in total. The molecule has 2 atom stereocenters. The van der Waals surface area contributed by atoms with Gasteiger partial charge in [0.1, 0.15) is 11.6 Å².